The number of carbonyl (C=O) groups is 2. The molecule has 148 valence electrons. The molecule has 1 atom stereocenters. The van der Waals surface area contributed by atoms with Gasteiger partial charge in [0.2, 0.25) is 0 Å². The molecular weight excluding hydrogens is 376 g/mol. The molecule has 0 bridgehead atoms. The van der Waals surface area contributed by atoms with E-state index in [0.29, 0.717) is 13.0 Å². The number of non-ortho nitro benzene ring substituents is 1. The van der Waals surface area contributed by atoms with Gasteiger partial charge in [0.25, 0.3) is 11.6 Å². The predicted octanol–water partition coefficient (Wildman–Crippen LogP) is 3.16. The summed E-state index contributed by atoms with van der Waals surface area (Å²) in [6.45, 7) is 0.470. The smallest absolute Gasteiger partial charge is 0.335 e. The predicted molar refractivity (Wildman–Crippen MR) is 104 cm³/mol. The number of hydrogen-bond acceptors (Lipinski definition) is 5. The van der Waals surface area contributed by atoms with Crippen molar-refractivity contribution >= 4 is 28.6 Å². The lowest BCUT2D eigenvalue weighted by atomic mass is 10.1. The normalized spacial score (nSPS) is 16.3. The third-order valence-corrected chi connectivity index (χ3v) is 5.26. The van der Waals surface area contributed by atoms with E-state index in [4.69, 9.17) is 0 Å². The van der Waals surface area contributed by atoms with Crippen molar-refractivity contribution in [1.29, 1.82) is 0 Å². The van der Waals surface area contributed by atoms with Crippen LogP contribution >= 0.6 is 0 Å². The zero-order valence-corrected chi connectivity index (χ0v) is 15.6. The minimum atomic E-state index is -1.32. The van der Waals surface area contributed by atoms with Crippen LogP contribution in [-0.2, 0) is 7.05 Å². The first-order valence-electron chi connectivity index (χ1n) is 9.12. The minimum absolute atomic E-state index is 0.0118. The number of aromatic carboxylic acids is 1. The molecule has 1 fully saturated rings. The number of carboxylic acids is 1. The summed E-state index contributed by atoms with van der Waals surface area (Å²) in [7, 11) is 1.89. The molecular formula is C20H18N4O5. The molecule has 0 radical (unpaired) electrons. The quantitative estimate of drug-likeness (QED) is 0.536. The van der Waals surface area contributed by atoms with Crippen molar-refractivity contribution in [3.05, 3.63) is 69.5 Å². The summed E-state index contributed by atoms with van der Waals surface area (Å²) in [5.41, 5.74) is 1.05. The van der Waals surface area contributed by atoms with E-state index < -0.39 is 22.5 Å². The number of likely N-dealkylation sites (tertiary alicyclic amines) is 1. The molecule has 9 heteroatoms. The molecule has 1 amide bonds. The highest BCUT2D eigenvalue weighted by atomic mass is 16.6. The molecule has 1 N–H and O–H groups in total. The number of nitro benzene ring substituents is 1. The number of benzene rings is 2. The van der Waals surface area contributed by atoms with Gasteiger partial charge in [-0.1, -0.05) is 12.1 Å². The summed E-state index contributed by atoms with van der Waals surface area (Å²) < 4.78 is 1.95. The fourth-order valence-corrected chi connectivity index (χ4v) is 3.87. The van der Waals surface area contributed by atoms with E-state index in [9.17, 15) is 24.8 Å². The molecule has 3 aromatic rings. The fourth-order valence-electron chi connectivity index (χ4n) is 3.87. The number of amides is 1. The summed E-state index contributed by atoms with van der Waals surface area (Å²) in [5.74, 6) is -1.03. The number of aryl methyl sites for hydroxylation is 1. The second-order valence-corrected chi connectivity index (χ2v) is 7.01. The number of rotatable bonds is 4. The Morgan fingerprint density at radius 3 is 2.62 bits per heavy atom. The highest BCUT2D eigenvalue weighted by Gasteiger charge is 2.34. The summed E-state index contributed by atoms with van der Waals surface area (Å²) in [4.78, 5) is 41.3. The van der Waals surface area contributed by atoms with Gasteiger partial charge < -0.3 is 14.6 Å². The van der Waals surface area contributed by atoms with Crippen LogP contribution in [0.4, 0.5) is 5.69 Å². The van der Waals surface area contributed by atoms with Crippen LogP contribution in [0.3, 0.4) is 0 Å². The molecule has 2 heterocycles. The lowest BCUT2D eigenvalue weighted by molar-refractivity contribution is -0.384. The molecule has 1 aliphatic rings. The molecule has 0 spiro atoms. The number of carboxylic acid groups (broad SMARTS) is 1. The Morgan fingerprint density at radius 2 is 1.93 bits per heavy atom. The zero-order chi connectivity index (χ0) is 20.7. The molecule has 1 aromatic heterocycles. The topological polar surface area (TPSA) is 119 Å². The van der Waals surface area contributed by atoms with Gasteiger partial charge in [0.15, 0.2) is 0 Å². The van der Waals surface area contributed by atoms with Gasteiger partial charge in [0.05, 0.1) is 27.6 Å². The van der Waals surface area contributed by atoms with Crippen molar-refractivity contribution in [2.45, 2.75) is 18.9 Å². The van der Waals surface area contributed by atoms with Gasteiger partial charge in [0.1, 0.15) is 5.82 Å². The van der Waals surface area contributed by atoms with Crippen molar-refractivity contribution < 1.29 is 19.6 Å². The van der Waals surface area contributed by atoms with Gasteiger partial charge in [-0.25, -0.2) is 9.78 Å². The SMILES string of the molecule is Cn1c(C2CCCN2C(=O)c2cc(C(=O)O)cc([N+](=O)[O-])c2)nc2ccccc21. The Kier molecular flexibility index (Phi) is 4.50. The average Bonchev–Trinajstić information content (AvgIpc) is 3.32. The number of carbonyl (C=O) groups excluding carboxylic acids is 1. The highest BCUT2D eigenvalue weighted by Crippen LogP contribution is 2.34. The Balaban J connectivity index is 1.74. The minimum Gasteiger partial charge on any atom is -0.478 e. The number of aromatic nitrogens is 2. The first kappa shape index (κ1) is 18.6. The molecule has 0 saturated carbocycles. The van der Waals surface area contributed by atoms with Crippen LogP contribution in [0.25, 0.3) is 11.0 Å². The summed E-state index contributed by atoms with van der Waals surface area (Å²) in [5, 5.41) is 20.4. The maximum absolute atomic E-state index is 13.2. The van der Waals surface area contributed by atoms with Crippen molar-refractivity contribution in [3.63, 3.8) is 0 Å². The second kappa shape index (κ2) is 7.01. The van der Waals surface area contributed by atoms with Crippen LogP contribution in [0.2, 0.25) is 0 Å². The van der Waals surface area contributed by atoms with Gasteiger partial charge >= 0.3 is 5.97 Å². The average molecular weight is 394 g/mol. The molecule has 1 aliphatic heterocycles. The van der Waals surface area contributed by atoms with E-state index in [-0.39, 0.29) is 17.2 Å². The Labute approximate surface area is 165 Å². The van der Waals surface area contributed by atoms with Crippen LogP contribution < -0.4 is 0 Å². The molecule has 29 heavy (non-hydrogen) atoms. The maximum Gasteiger partial charge on any atom is 0.335 e. The fraction of sp³-hybridized carbons (Fsp3) is 0.250. The number of imidazole rings is 1. The Morgan fingerprint density at radius 1 is 1.21 bits per heavy atom. The standard InChI is InChI=1S/C20H18N4O5/c1-22-16-6-3-2-5-15(16)21-18(22)17-7-4-8-23(17)19(25)12-9-13(20(26)27)11-14(10-12)24(28)29/h2-3,5-6,9-11,17H,4,7-8H2,1H3,(H,26,27). The third-order valence-electron chi connectivity index (χ3n) is 5.26. The van der Waals surface area contributed by atoms with Crippen molar-refractivity contribution in [3.8, 4) is 0 Å². The van der Waals surface area contributed by atoms with E-state index in [0.717, 1.165) is 35.4 Å². The zero-order valence-electron chi connectivity index (χ0n) is 15.6. The number of para-hydroxylation sites is 2. The first-order chi connectivity index (χ1) is 13.9. The summed E-state index contributed by atoms with van der Waals surface area (Å²) in [6, 6.07) is 10.6. The second-order valence-electron chi connectivity index (χ2n) is 7.01. The maximum atomic E-state index is 13.2. The largest absolute Gasteiger partial charge is 0.478 e. The van der Waals surface area contributed by atoms with Gasteiger partial charge in [-0.2, -0.15) is 0 Å². The van der Waals surface area contributed by atoms with Crippen LogP contribution in [0.15, 0.2) is 42.5 Å². The molecule has 1 unspecified atom stereocenters. The van der Waals surface area contributed by atoms with Gasteiger partial charge in [-0.15, -0.1) is 0 Å². The van der Waals surface area contributed by atoms with Crippen molar-refractivity contribution in [2.75, 3.05) is 6.54 Å². The van der Waals surface area contributed by atoms with Crippen LogP contribution in [0.1, 0.15) is 45.4 Å². The lowest BCUT2D eigenvalue weighted by Gasteiger charge is -2.24. The highest BCUT2D eigenvalue weighted by molar-refractivity contribution is 5.98. The van der Waals surface area contributed by atoms with Gasteiger partial charge in [-0.05, 0) is 31.0 Å². The van der Waals surface area contributed by atoms with Gasteiger partial charge in [-0.3, -0.25) is 14.9 Å². The molecule has 1 saturated heterocycles. The Bertz CT molecular complexity index is 1120. The Hall–Kier alpha value is -3.75. The van der Waals surface area contributed by atoms with Crippen LogP contribution in [0, 0.1) is 10.1 Å². The van der Waals surface area contributed by atoms with E-state index in [1.165, 1.54) is 6.07 Å². The van der Waals surface area contributed by atoms with E-state index in [1.54, 1.807) is 4.90 Å². The lowest BCUT2D eigenvalue weighted by Crippen LogP contribution is -2.32. The van der Waals surface area contributed by atoms with Crippen molar-refractivity contribution in [2.24, 2.45) is 7.05 Å². The van der Waals surface area contributed by atoms with Crippen LogP contribution in [-0.4, -0.2) is 42.9 Å². The molecule has 9 nitrogen and oxygen atoms in total. The van der Waals surface area contributed by atoms with Gasteiger partial charge in [0, 0.05) is 31.3 Å². The number of fused-ring (bicyclic) bond motifs is 1. The number of nitro groups is 1. The molecule has 4 rings (SSSR count). The van der Waals surface area contributed by atoms with E-state index in [2.05, 4.69) is 4.98 Å². The summed E-state index contributed by atoms with van der Waals surface area (Å²) >= 11 is 0. The summed E-state index contributed by atoms with van der Waals surface area (Å²) in [6.07, 6.45) is 1.48. The number of hydrogen-bond donors (Lipinski definition) is 1. The van der Waals surface area contributed by atoms with Crippen molar-refractivity contribution in [1.82, 2.24) is 14.5 Å². The van der Waals surface area contributed by atoms with Crippen LogP contribution in [0.5, 0.6) is 0 Å². The monoisotopic (exact) mass is 394 g/mol. The first-order valence-corrected chi connectivity index (χ1v) is 9.12. The molecule has 0 aliphatic carbocycles. The third kappa shape index (κ3) is 3.20. The molecule has 2 aromatic carbocycles. The van der Waals surface area contributed by atoms with E-state index in [1.807, 2.05) is 35.9 Å². The van der Waals surface area contributed by atoms with E-state index >= 15 is 0 Å². The number of nitrogens with zero attached hydrogens (tertiary/aromatic N) is 4.